The maximum atomic E-state index is 12.2. The Morgan fingerprint density at radius 2 is 1.62 bits per heavy atom. The summed E-state index contributed by atoms with van der Waals surface area (Å²) in [5.41, 5.74) is 2.21. The quantitative estimate of drug-likeness (QED) is 0.603. The molecule has 3 aromatic rings. The van der Waals surface area contributed by atoms with Crippen molar-refractivity contribution >= 4 is 54.5 Å². The van der Waals surface area contributed by atoms with Crippen LogP contribution in [-0.4, -0.2) is 15.9 Å². The van der Waals surface area contributed by atoms with Crippen LogP contribution in [0.5, 0.6) is 0 Å². The molecular weight excluding hydrogens is 402 g/mol. The van der Waals surface area contributed by atoms with E-state index in [2.05, 4.69) is 47.1 Å². The summed E-state index contributed by atoms with van der Waals surface area (Å²) in [5, 5.41) is 2.80. The first-order valence-corrected chi connectivity index (χ1v) is 7.59. The average molecular weight is 411 g/mol. The van der Waals surface area contributed by atoms with Gasteiger partial charge in [-0.05, 0) is 36.4 Å². The van der Waals surface area contributed by atoms with Gasteiger partial charge in [0.15, 0.2) is 0 Å². The lowest BCUT2D eigenvalue weighted by Crippen LogP contribution is -2.11. The number of imidazole rings is 1. The molecule has 0 atom stereocenters. The van der Waals surface area contributed by atoms with E-state index in [-0.39, 0.29) is 11.6 Å². The second-order valence-corrected chi connectivity index (χ2v) is 6.28. The Morgan fingerprint density at radius 1 is 0.952 bits per heavy atom. The van der Waals surface area contributed by atoms with Crippen molar-refractivity contribution in [3.63, 3.8) is 0 Å². The number of hydrogen-bond acceptors (Lipinski definition) is 2. The van der Waals surface area contributed by atoms with Gasteiger partial charge in [0.25, 0.3) is 5.91 Å². The van der Waals surface area contributed by atoms with Crippen molar-refractivity contribution in [3.05, 3.63) is 61.4 Å². The highest BCUT2D eigenvalue weighted by atomic mass is 79.9. The lowest BCUT2D eigenvalue weighted by molar-refractivity contribution is 0.102. The van der Waals surface area contributed by atoms with Crippen molar-refractivity contribution in [2.45, 2.75) is 0 Å². The van der Waals surface area contributed by atoms with Gasteiger partial charge in [0.05, 0.1) is 11.0 Å². The summed E-state index contributed by atoms with van der Waals surface area (Å²) in [6.45, 7) is 0. The molecule has 106 valence electrons. The summed E-state index contributed by atoms with van der Waals surface area (Å²) in [4.78, 5) is 28.7. The summed E-state index contributed by atoms with van der Waals surface area (Å²) in [5.74, 6) is -0.228. The van der Waals surface area contributed by atoms with Gasteiger partial charge in [-0.1, -0.05) is 31.9 Å². The molecule has 0 saturated carbocycles. The van der Waals surface area contributed by atoms with Crippen LogP contribution in [0, 0.1) is 0 Å². The van der Waals surface area contributed by atoms with E-state index in [9.17, 15) is 9.59 Å². The van der Waals surface area contributed by atoms with E-state index in [0.29, 0.717) is 22.3 Å². The van der Waals surface area contributed by atoms with Crippen molar-refractivity contribution in [3.8, 4) is 0 Å². The largest absolute Gasteiger partial charge is 0.323 e. The minimum atomic E-state index is -0.274. The topological polar surface area (TPSA) is 77.8 Å². The number of amides is 1. The zero-order valence-corrected chi connectivity index (χ0v) is 13.7. The third kappa shape index (κ3) is 3.08. The molecule has 0 fully saturated rings. The molecule has 7 heteroatoms. The average Bonchev–Trinajstić information content (AvgIpc) is 2.77. The second-order valence-electron chi connectivity index (χ2n) is 4.45. The Bertz CT molecular complexity index is 878. The van der Waals surface area contributed by atoms with E-state index in [4.69, 9.17) is 0 Å². The first-order chi connectivity index (χ1) is 10.0. The Morgan fingerprint density at radius 3 is 2.33 bits per heavy atom. The number of halogens is 2. The predicted molar refractivity (Wildman–Crippen MR) is 88.7 cm³/mol. The Balaban J connectivity index is 1.90. The summed E-state index contributed by atoms with van der Waals surface area (Å²) in [6.07, 6.45) is 0. The molecule has 0 unspecified atom stereocenters. The van der Waals surface area contributed by atoms with Crippen molar-refractivity contribution in [2.24, 2.45) is 0 Å². The summed E-state index contributed by atoms with van der Waals surface area (Å²) in [6, 6.07) is 10.5. The second kappa shape index (κ2) is 5.50. The fourth-order valence-electron chi connectivity index (χ4n) is 2.00. The lowest BCUT2D eigenvalue weighted by Gasteiger charge is -2.06. The van der Waals surface area contributed by atoms with E-state index < -0.39 is 0 Å². The van der Waals surface area contributed by atoms with Crippen LogP contribution in [0.25, 0.3) is 11.0 Å². The lowest BCUT2D eigenvalue weighted by atomic mass is 10.2. The number of nitrogens with one attached hydrogen (secondary N) is 3. The Kier molecular flexibility index (Phi) is 3.69. The fourth-order valence-corrected chi connectivity index (χ4v) is 3.29. The SMILES string of the molecule is O=C(Nc1ccc2[nH]c(=O)[nH]c2c1)c1cc(Br)cc(Br)c1. The van der Waals surface area contributed by atoms with Gasteiger partial charge in [0.2, 0.25) is 0 Å². The standard InChI is InChI=1S/C14H9Br2N3O2/c15-8-3-7(4-9(16)5-8)13(20)17-10-1-2-11-12(6-10)19-14(21)18-11/h1-6H,(H,17,20)(H2,18,19,21). The van der Waals surface area contributed by atoms with Crippen molar-refractivity contribution in [2.75, 3.05) is 5.32 Å². The zero-order chi connectivity index (χ0) is 15.0. The van der Waals surface area contributed by atoms with Crippen LogP contribution in [0.2, 0.25) is 0 Å². The zero-order valence-electron chi connectivity index (χ0n) is 10.5. The van der Waals surface area contributed by atoms with Gasteiger partial charge in [0.1, 0.15) is 0 Å². The van der Waals surface area contributed by atoms with Gasteiger partial charge in [-0.2, -0.15) is 0 Å². The summed E-state index contributed by atoms with van der Waals surface area (Å²) >= 11 is 6.70. The maximum Gasteiger partial charge on any atom is 0.323 e. The number of H-pyrrole nitrogens is 2. The van der Waals surface area contributed by atoms with Gasteiger partial charge < -0.3 is 15.3 Å². The molecule has 5 nitrogen and oxygen atoms in total. The van der Waals surface area contributed by atoms with Crippen molar-refractivity contribution in [1.82, 2.24) is 9.97 Å². The van der Waals surface area contributed by atoms with Gasteiger partial charge in [0, 0.05) is 20.2 Å². The molecule has 0 bridgehead atoms. The number of carbonyl (C=O) groups is 1. The van der Waals surface area contributed by atoms with Crippen molar-refractivity contribution in [1.29, 1.82) is 0 Å². The molecule has 0 aliphatic rings. The number of anilines is 1. The molecule has 0 radical (unpaired) electrons. The first kappa shape index (κ1) is 14.1. The van der Waals surface area contributed by atoms with E-state index >= 15 is 0 Å². The number of aromatic amines is 2. The highest BCUT2D eigenvalue weighted by molar-refractivity contribution is 9.11. The van der Waals surface area contributed by atoms with E-state index in [1.807, 2.05) is 6.07 Å². The van der Waals surface area contributed by atoms with Crippen LogP contribution in [-0.2, 0) is 0 Å². The number of aromatic nitrogens is 2. The van der Waals surface area contributed by atoms with Gasteiger partial charge >= 0.3 is 5.69 Å². The normalized spacial score (nSPS) is 10.8. The molecule has 2 aromatic carbocycles. The van der Waals surface area contributed by atoms with Crippen molar-refractivity contribution < 1.29 is 4.79 Å². The Hall–Kier alpha value is -1.86. The molecule has 0 aliphatic heterocycles. The monoisotopic (exact) mass is 409 g/mol. The number of fused-ring (bicyclic) bond motifs is 1. The molecule has 1 aromatic heterocycles. The minimum absolute atomic E-state index is 0.228. The van der Waals surface area contributed by atoms with E-state index in [1.54, 1.807) is 30.3 Å². The number of rotatable bonds is 2. The molecule has 3 N–H and O–H groups in total. The van der Waals surface area contributed by atoms with E-state index in [0.717, 1.165) is 8.95 Å². The van der Waals surface area contributed by atoms with Crippen LogP contribution in [0.3, 0.4) is 0 Å². The van der Waals surface area contributed by atoms with Crippen LogP contribution < -0.4 is 11.0 Å². The molecule has 1 amide bonds. The maximum absolute atomic E-state index is 12.2. The Labute approximate surface area is 136 Å². The third-order valence-corrected chi connectivity index (χ3v) is 3.81. The highest BCUT2D eigenvalue weighted by Gasteiger charge is 2.09. The molecular formula is C14H9Br2N3O2. The molecule has 3 rings (SSSR count). The fraction of sp³-hybridized carbons (Fsp3) is 0. The number of carbonyl (C=O) groups excluding carboxylic acids is 1. The van der Waals surface area contributed by atoms with Crippen LogP contribution in [0.15, 0.2) is 50.1 Å². The molecule has 1 heterocycles. The van der Waals surface area contributed by atoms with Gasteiger partial charge in [-0.3, -0.25) is 4.79 Å². The first-order valence-electron chi connectivity index (χ1n) is 6.01. The van der Waals surface area contributed by atoms with Crippen LogP contribution >= 0.6 is 31.9 Å². The highest BCUT2D eigenvalue weighted by Crippen LogP contribution is 2.21. The minimum Gasteiger partial charge on any atom is -0.322 e. The summed E-state index contributed by atoms with van der Waals surface area (Å²) < 4.78 is 1.62. The number of benzene rings is 2. The summed E-state index contributed by atoms with van der Waals surface area (Å²) in [7, 11) is 0. The predicted octanol–water partition coefficient (Wildman–Crippen LogP) is 3.63. The van der Waals surface area contributed by atoms with E-state index in [1.165, 1.54) is 0 Å². The number of hydrogen-bond donors (Lipinski definition) is 3. The van der Waals surface area contributed by atoms with Crippen LogP contribution in [0.1, 0.15) is 10.4 Å². The molecule has 21 heavy (non-hydrogen) atoms. The third-order valence-electron chi connectivity index (χ3n) is 2.90. The van der Waals surface area contributed by atoms with Gasteiger partial charge in [-0.15, -0.1) is 0 Å². The van der Waals surface area contributed by atoms with Crippen LogP contribution in [0.4, 0.5) is 5.69 Å². The molecule has 0 aliphatic carbocycles. The van der Waals surface area contributed by atoms with Gasteiger partial charge in [-0.25, -0.2) is 4.79 Å². The molecule has 0 spiro atoms. The molecule has 0 saturated heterocycles. The smallest absolute Gasteiger partial charge is 0.322 e.